The molecule has 0 aliphatic rings. The van der Waals surface area contributed by atoms with Crippen LogP contribution in [0.5, 0.6) is 0 Å². The molecule has 5 nitrogen and oxygen atoms in total. The normalized spacial score (nSPS) is 12.1. The van der Waals surface area contributed by atoms with Crippen molar-refractivity contribution in [2.24, 2.45) is 11.3 Å². The van der Waals surface area contributed by atoms with E-state index in [0.29, 0.717) is 19.0 Å². The molecule has 0 fully saturated rings. The van der Waals surface area contributed by atoms with Crippen LogP contribution in [0.25, 0.3) is 0 Å². The van der Waals surface area contributed by atoms with Crippen molar-refractivity contribution >= 4 is 6.03 Å². The molecule has 0 spiro atoms. The highest BCUT2D eigenvalue weighted by Gasteiger charge is 2.15. The molecule has 0 aromatic rings. The van der Waals surface area contributed by atoms with Crippen molar-refractivity contribution in [3.05, 3.63) is 0 Å². The molecule has 0 radical (unpaired) electrons. The molecule has 24 heavy (non-hydrogen) atoms. The van der Waals surface area contributed by atoms with E-state index >= 15 is 0 Å². The van der Waals surface area contributed by atoms with Crippen molar-refractivity contribution in [3.63, 3.8) is 0 Å². The zero-order valence-electron chi connectivity index (χ0n) is 16.7. The van der Waals surface area contributed by atoms with E-state index in [1.54, 1.807) is 0 Å². The molecule has 0 heterocycles. The number of hydrogen-bond donors (Lipinski definition) is 4. The number of amides is 2. The molecule has 4 N–H and O–H groups in total. The Morgan fingerprint density at radius 2 is 1.50 bits per heavy atom. The molecule has 0 aromatic heterocycles. The van der Waals surface area contributed by atoms with E-state index in [0.717, 1.165) is 38.5 Å². The predicted molar refractivity (Wildman–Crippen MR) is 102 cm³/mol. The third-order valence-electron chi connectivity index (χ3n) is 3.71. The zero-order chi connectivity index (χ0) is 18.8. The fraction of sp³-hybridized carbons (Fsp3) is 0.947. The summed E-state index contributed by atoms with van der Waals surface area (Å²) in [6, 6.07) is -0.105. The minimum atomic E-state index is -0.105. The van der Waals surface area contributed by atoms with Gasteiger partial charge in [-0.15, -0.1) is 0 Å². The van der Waals surface area contributed by atoms with Crippen molar-refractivity contribution in [2.45, 2.75) is 79.6 Å². The fourth-order valence-electron chi connectivity index (χ4n) is 1.98. The Labute approximate surface area is 149 Å². The topological polar surface area (TPSA) is 81.6 Å². The second-order valence-electron chi connectivity index (χ2n) is 7.45. The lowest BCUT2D eigenvalue weighted by Crippen LogP contribution is -2.36. The number of carbonyl (C=O) groups excluding carboxylic acids is 1. The smallest absolute Gasteiger partial charge is 0.314 e. The first-order valence-electron chi connectivity index (χ1n) is 9.56. The van der Waals surface area contributed by atoms with Gasteiger partial charge in [0.15, 0.2) is 0 Å². The summed E-state index contributed by atoms with van der Waals surface area (Å²) in [6.07, 6.45) is 7.13. The maximum Gasteiger partial charge on any atom is 0.314 e. The number of nitrogens with one attached hydrogen (secondary N) is 2. The molecule has 0 saturated carbocycles. The van der Waals surface area contributed by atoms with Crippen LogP contribution in [0.4, 0.5) is 4.79 Å². The molecule has 146 valence electrons. The van der Waals surface area contributed by atoms with Crippen molar-refractivity contribution in [1.82, 2.24) is 10.6 Å². The standard InChI is InChI=1S/C16H34N2O3.C3H8/c1-14(12-19)8-4-6-10-17-15(21)18-11-7-5-9-16(2,3)13-20;1-3-2/h14,19-20H,4-13H2,1-3H3,(H2,17,18,21);3H2,1-2H3. The zero-order valence-corrected chi connectivity index (χ0v) is 16.7. The van der Waals surface area contributed by atoms with E-state index in [1.165, 1.54) is 6.42 Å². The van der Waals surface area contributed by atoms with Gasteiger partial charge in [0.25, 0.3) is 0 Å². The van der Waals surface area contributed by atoms with Crippen molar-refractivity contribution in [1.29, 1.82) is 0 Å². The summed E-state index contributed by atoms with van der Waals surface area (Å²) in [7, 11) is 0. The minimum Gasteiger partial charge on any atom is -0.396 e. The van der Waals surface area contributed by atoms with Crippen LogP contribution in [0.15, 0.2) is 0 Å². The molecule has 2 amide bonds. The van der Waals surface area contributed by atoms with Crippen LogP contribution >= 0.6 is 0 Å². The van der Waals surface area contributed by atoms with E-state index < -0.39 is 0 Å². The molecule has 0 saturated heterocycles. The molecule has 0 aliphatic carbocycles. The van der Waals surface area contributed by atoms with Gasteiger partial charge in [-0.3, -0.25) is 0 Å². The highest BCUT2D eigenvalue weighted by molar-refractivity contribution is 5.73. The average molecular weight is 347 g/mol. The van der Waals surface area contributed by atoms with Gasteiger partial charge >= 0.3 is 6.03 Å². The van der Waals surface area contributed by atoms with E-state index in [1.807, 2.05) is 20.8 Å². The van der Waals surface area contributed by atoms with Crippen LogP contribution in [0.3, 0.4) is 0 Å². The van der Waals surface area contributed by atoms with Crippen LogP contribution in [0.1, 0.15) is 79.6 Å². The Kier molecular flexibility index (Phi) is 18.0. The van der Waals surface area contributed by atoms with Crippen molar-refractivity contribution in [3.8, 4) is 0 Å². The van der Waals surface area contributed by atoms with Crippen LogP contribution in [-0.2, 0) is 0 Å². The van der Waals surface area contributed by atoms with E-state index in [9.17, 15) is 4.79 Å². The Hall–Kier alpha value is -0.810. The number of aliphatic hydroxyl groups excluding tert-OH is 2. The SMILES string of the molecule is CC(CO)CCCCNC(=O)NCCCCC(C)(C)CO.CCC. The van der Waals surface area contributed by atoms with Crippen LogP contribution in [-0.4, -0.2) is 42.5 Å². The fourth-order valence-corrected chi connectivity index (χ4v) is 1.98. The van der Waals surface area contributed by atoms with E-state index in [2.05, 4.69) is 24.5 Å². The summed E-state index contributed by atoms with van der Waals surface area (Å²) < 4.78 is 0. The third kappa shape index (κ3) is 19.2. The first kappa shape index (κ1) is 25.4. The van der Waals surface area contributed by atoms with E-state index in [-0.39, 0.29) is 24.7 Å². The van der Waals surface area contributed by atoms with Gasteiger partial charge in [-0.25, -0.2) is 4.79 Å². The first-order valence-corrected chi connectivity index (χ1v) is 9.56. The molecule has 0 rings (SSSR count). The number of carbonyl (C=O) groups is 1. The lowest BCUT2D eigenvalue weighted by atomic mass is 9.88. The summed E-state index contributed by atoms with van der Waals surface area (Å²) in [5.74, 6) is 0.349. The van der Waals surface area contributed by atoms with Gasteiger partial charge in [-0.1, -0.05) is 53.9 Å². The molecule has 5 heteroatoms. The Bertz CT molecular complexity index is 284. The second-order valence-corrected chi connectivity index (χ2v) is 7.45. The lowest BCUT2D eigenvalue weighted by molar-refractivity contribution is 0.147. The summed E-state index contributed by atoms with van der Waals surface area (Å²) in [6.45, 7) is 12.2. The van der Waals surface area contributed by atoms with Crippen molar-refractivity contribution in [2.75, 3.05) is 26.3 Å². The first-order chi connectivity index (χ1) is 11.3. The van der Waals surface area contributed by atoms with Gasteiger partial charge in [0.05, 0.1) is 0 Å². The molecule has 0 aromatic carbocycles. The number of hydrogen-bond acceptors (Lipinski definition) is 3. The molecular weight excluding hydrogens is 304 g/mol. The minimum absolute atomic E-state index is 0.0199. The van der Waals surface area contributed by atoms with Crippen LogP contribution in [0, 0.1) is 11.3 Å². The second kappa shape index (κ2) is 17.0. The number of urea groups is 1. The number of unbranched alkanes of at least 4 members (excludes halogenated alkanes) is 2. The molecule has 1 atom stereocenters. The number of aliphatic hydroxyl groups is 2. The Morgan fingerprint density at radius 1 is 1.00 bits per heavy atom. The summed E-state index contributed by atoms with van der Waals surface area (Å²) in [5.41, 5.74) is -0.0199. The van der Waals surface area contributed by atoms with Gasteiger partial charge < -0.3 is 20.8 Å². The molecule has 0 bridgehead atoms. The largest absolute Gasteiger partial charge is 0.396 e. The summed E-state index contributed by atoms with van der Waals surface area (Å²) >= 11 is 0. The summed E-state index contributed by atoms with van der Waals surface area (Å²) in [4.78, 5) is 11.5. The van der Waals surface area contributed by atoms with Crippen LogP contribution in [0.2, 0.25) is 0 Å². The van der Waals surface area contributed by atoms with Gasteiger partial charge in [-0.05, 0) is 37.0 Å². The van der Waals surface area contributed by atoms with Gasteiger partial charge in [0.2, 0.25) is 0 Å². The molecule has 0 aliphatic heterocycles. The highest BCUT2D eigenvalue weighted by atomic mass is 16.3. The van der Waals surface area contributed by atoms with Crippen molar-refractivity contribution < 1.29 is 15.0 Å². The average Bonchev–Trinajstić information content (AvgIpc) is 2.54. The van der Waals surface area contributed by atoms with E-state index in [4.69, 9.17) is 10.2 Å². The monoisotopic (exact) mass is 346 g/mol. The summed E-state index contributed by atoms with van der Waals surface area (Å²) in [5, 5.41) is 23.7. The molecular formula is C19H42N2O3. The Morgan fingerprint density at radius 3 is 1.96 bits per heavy atom. The van der Waals surface area contributed by atoms with Crippen LogP contribution < -0.4 is 10.6 Å². The molecule has 1 unspecified atom stereocenters. The Balaban J connectivity index is 0. The van der Waals surface area contributed by atoms with Gasteiger partial charge in [0, 0.05) is 26.3 Å². The van der Waals surface area contributed by atoms with Gasteiger partial charge in [0.1, 0.15) is 0 Å². The third-order valence-corrected chi connectivity index (χ3v) is 3.71. The number of rotatable bonds is 12. The lowest BCUT2D eigenvalue weighted by Gasteiger charge is -2.21. The quantitative estimate of drug-likeness (QED) is 0.407. The van der Waals surface area contributed by atoms with Gasteiger partial charge in [-0.2, -0.15) is 0 Å². The maximum atomic E-state index is 11.5. The highest BCUT2D eigenvalue weighted by Crippen LogP contribution is 2.21. The predicted octanol–water partition coefficient (Wildman–Crippen LogP) is 3.69. The maximum absolute atomic E-state index is 11.5.